The maximum absolute atomic E-state index is 9.87. The highest BCUT2D eigenvalue weighted by molar-refractivity contribution is 4.94. The van der Waals surface area contributed by atoms with Gasteiger partial charge in [-0.15, -0.1) is 0 Å². The Balaban J connectivity index is 1.68. The Morgan fingerprint density at radius 2 is 2.08 bits per heavy atom. The largest absolute Gasteiger partial charge is 0.389 e. The Morgan fingerprint density at radius 3 is 2.46 bits per heavy atom. The molecule has 0 aromatic rings. The molecular weight excluding hydrogens is 162 g/mol. The minimum atomic E-state index is -0.349. The van der Waals surface area contributed by atoms with E-state index < -0.39 is 0 Å². The van der Waals surface area contributed by atoms with Gasteiger partial charge in [-0.1, -0.05) is 13.8 Å². The molecule has 2 saturated carbocycles. The molecule has 2 aliphatic carbocycles. The molecule has 2 rings (SSSR count). The van der Waals surface area contributed by atoms with Gasteiger partial charge in [0.15, 0.2) is 0 Å². The van der Waals surface area contributed by atoms with Crippen LogP contribution in [0.4, 0.5) is 0 Å². The lowest BCUT2D eigenvalue weighted by atomic mass is 9.71. The van der Waals surface area contributed by atoms with Gasteiger partial charge in [-0.05, 0) is 37.5 Å². The second-order valence-corrected chi connectivity index (χ2v) is 5.14. The van der Waals surface area contributed by atoms with Crippen molar-refractivity contribution in [1.82, 2.24) is 5.32 Å². The molecule has 3 atom stereocenters. The average molecular weight is 183 g/mol. The van der Waals surface area contributed by atoms with Crippen LogP contribution in [0.5, 0.6) is 0 Å². The van der Waals surface area contributed by atoms with E-state index in [0.717, 1.165) is 31.2 Å². The van der Waals surface area contributed by atoms with Crippen LogP contribution in [-0.2, 0) is 0 Å². The number of hydrogen-bond donors (Lipinski definition) is 2. The monoisotopic (exact) mass is 183 g/mol. The van der Waals surface area contributed by atoms with Gasteiger partial charge in [0.05, 0.1) is 5.60 Å². The molecule has 2 heteroatoms. The molecule has 0 aromatic heterocycles. The van der Waals surface area contributed by atoms with Gasteiger partial charge in [-0.3, -0.25) is 0 Å². The van der Waals surface area contributed by atoms with E-state index in [9.17, 15) is 5.11 Å². The van der Waals surface area contributed by atoms with Gasteiger partial charge in [0, 0.05) is 12.6 Å². The van der Waals surface area contributed by atoms with Crippen molar-refractivity contribution < 1.29 is 5.11 Å². The van der Waals surface area contributed by atoms with Gasteiger partial charge < -0.3 is 10.4 Å². The average Bonchev–Trinajstić information content (AvgIpc) is 2.08. The molecule has 76 valence electrons. The van der Waals surface area contributed by atoms with Gasteiger partial charge in [0.2, 0.25) is 0 Å². The summed E-state index contributed by atoms with van der Waals surface area (Å²) < 4.78 is 0. The summed E-state index contributed by atoms with van der Waals surface area (Å²) in [6.07, 6.45) is 4.49. The summed E-state index contributed by atoms with van der Waals surface area (Å²) in [5, 5.41) is 13.4. The fourth-order valence-corrected chi connectivity index (χ4v) is 2.38. The molecular formula is C11H21NO. The van der Waals surface area contributed by atoms with Crippen LogP contribution in [0.2, 0.25) is 0 Å². The lowest BCUT2D eigenvalue weighted by Gasteiger charge is -2.45. The molecule has 2 aliphatic rings. The molecule has 0 saturated heterocycles. The van der Waals surface area contributed by atoms with Gasteiger partial charge in [-0.2, -0.15) is 0 Å². The first-order chi connectivity index (χ1) is 6.11. The number of aliphatic hydroxyl groups is 1. The van der Waals surface area contributed by atoms with Gasteiger partial charge in [-0.25, -0.2) is 0 Å². The third-order valence-corrected chi connectivity index (χ3v) is 4.14. The summed E-state index contributed by atoms with van der Waals surface area (Å²) >= 11 is 0. The zero-order valence-corrected chi connectivity index (χ0v) is 8.71. The van der Waals surface area contributed by atoms with Crippen molar-refractivity contribution in [3.8, 4) is 0 Å². The molecule has 3 unspecified atom stereocenters. The van der Waals surface area contributed by atoms with E-state index >= 15 is 0 Å². The third kappa shape index (κ3) is 1.75. The molecule has 0 aromatic carbocycles. The lowest BCUT2D eigenvalue weighted by Crippen LogP contribution is -2.55. The van der Waals surface area contributed by atoms with E-state index in [1.807, 2.05) is 0 Å². The molecule has 2 fully saturated rings. The third-order valence-electron chi connectivity index (χ3n) is 4.14. The van der Waals surface area contributed by atoms with Crippen molar-refractivity contribution >= 4 is 0 Å². The van der Waals surface area contributed by atoms with Crippen LogP contribution in [0.1, 0.15) is 39.5 Å². The first-order valence-electron chi connectivity index (χ1n) is 5.56. The minimum Gasteiger partial charge on any atom is -0.389 e. The summed E-state index contributed by atoms with van der Waals surface area (Å²) in [6.45, 7) is 5.42. The molecule has 2 N–H and O–H groups in total. The molecule has 0 radical (unpaired) electrons. The highest BCUT2D eigenvalue weighted by atomic mass is 16.3. The van der Waals surface area contributed by atoms with Crippen LogP contribution >= 0.6 is 0 Å². The minimum absolute atomic E-state index is 0.349. The Morgan fingerprint density at radius 1 is 1.38 bits per heavy atom. The zero-order chi connectivity index (χ0) is 9.47. The fraction of sp³-hybridized carbons (Fsp3) is 1.00. The first kappa shape index (κ1) is 9.47. The van der Waals surface area contributed by atoms with E-state index in [1.165, 1.54) is 12.8 Å². The molecule has 0 spiro atoms. The quantitative estimate of drug-likeness (QED) is 0.695. The SMILES string of the molecule is CC1CC(NCC2(O)CCC2)C1C. The Kier molecular flexibility index (Phi) is 2.37. The van der Waals surface area contributed by atoms with Crippen LogP contribution in [0.3, 0.4) is 0 Å². The molecule has 0 amide bonds. The highest BCUT2D eigenvalue weighted by Crippen LogP contribution is 2.35. The Labute approximate surface area is 80.7 Å². The normalized spacial score (nSPS) is 42.2. The van der Waals surface area contributed by atoms with Crippen LogP contribution in [0, 0.1) is 11.8 Å². The summed E-state index contributed by atoms with van der Waals surface area (Å²) in [5.74, 6) is 1.66. The van der Waals surface area contributed by atoms with E-state index in [0.29, 0.717) is 6.04 Å². The Hall–Kier alpha value is -0.0800. The maximum atomic E-state index is 9.87. The highest BCUT2D eigenvalue weighted by Gasteiger charge is 2.38. The predicted molar refractivity (Wildman–Crippen MR) is 53.5 cm³/mol. The van der Waals surface area contributed by atoms with Crippen molar-refractivity contribution in [2.45, 2.75) is 51.2 Å². The fourth-order valence-electron chi connectivity index (χ4n) is 2.38. The molecule has 0 heterocycles. The standard InChI is InChI=1S/C11H21NO/c1-8-6-10(9(8)2)12-7-11(13)4-3-5-11/h8-10,12-13H,3-7H2,1-2H3. The van der Waals surface area contributed by atoms with E-state index in [-0.39, 0.29) is 5.60 Å². The molecule has 0 bridgehead atoms. The van der Waals surface area contributed by atoms with Gasteiger partial charge in [0.1, 0.15) is 0 Å². The summed E-state index contributed by atoms with van der Waals surface area (Å²) in [6, 6.07) is 0.666. The second kappa shape index (κ2) is 3.25. The van der Waals surface area contributed by atoms with E-state index in [1.54, 1.807) is 0 Å². The summed E-state index contributed by atoms with van der Waals surface area (Å²) in [7, 11) is 0. The van der Waals surface area contributed by atoms with Crippen LogP contribution in [0.15, 0.2) is 0 Å². The van der Waals surface area contributed by atoms with Crippen molar-refractivity contribution in [2.75, 3.05) is 6.54 Å². The predicted octanol–water partition coefficient (Wildman–Crippen LogP) is 1.54. The van der Waals surface area contributed by atoms with Gasteiger partial charge >= 0.3 is 0 Å². The van der Waals surface area contributed by atoms with E-state index in [2.05, 4.69) is 19.2 Å². The first-order valence-corrected chi connectivity index (χ1v) is 5.56. The van der Waals surface area contributed by atoms with Gasteiger partial charge in [0.25, 0.3) is 0 Å². The summed E-state index contributed by atoms with van der Waals surface area (Å²) in [5.41, 5.74) is -0.349. The van der Waals surface area contributed by atoms with Crippen molar-refractivity contribution in [3.63, 3.8) is 0 Å². The lowest BCUT2D eigenvalue weighted by molar-refractivity contribution is -0.0397. The molecule has 2 nitrogen and oxygen atoms in total. The van der Waals surface area contributed by atoms with Crippen molar-refractivity contribution in [3.05, 3.63) is 0 Å². The van der Waals surface area contributed by atoms with Crippen LogP contribution < -0.4 is 5.32 Å². The number of nitrogens with one attached hydrogen (secondary N) is 1. The van der Waals surface area contributed by atoms with Crippen molar-refractivity contribution in [2.24, 2.45) is 11.8 Å². The van der Waals surface area contributed by atoms with Crippen molar-refractivity contribution in [1.29, 1.82) is 0 Å². The number of hydrogen-bond acceptors (Lipinski definition) is 2. The topological polar surface area (TPSA) is 32.3 Å². The van der Waals surface area contributed by atoms with Crippen LogP contribution in [0.25, 0.3) is 0 Å². The second-order valence-electron chi connectivity index (χ2n) is 5.14. The Bertz CT molecular complexity index is 189. The van der Waals surface area contributed by atoms with Crippen LogP contribution in [-0.4, -0.2) is 23.3 Å². The smallest absolute Gasteiger partial charge is 0.0771 e. The van der Waals surface area contributed by atoms with E-state index in [4.69, 9.17) is 0 Å². The maximum Gasteiger partial charge on any atom is 0.0771 e. The summed E-state index contributed by atoms with van der Waals surface area (Å²) in [4.78, 5) is 0. The molecule has 13 heavy (non-hydrogen) atoms. The zero-order valence-electron chi connectivity index (χ0n) is 8.71. The number of rotatable bonds is 3. The molecule has 0 aliphatic heterocycles.